The summed E-state index contributed by atoms with van der Waals surface area (Å²) in [5.74, 6) is 1.01. The Morgan fingerprint density at radius 2 is 1.38 bits per heavy atom. The summed E-state index contributed by atoms with van der Waals surface area (Å²) >= 11 is 0. The van der Waals surface area contributed by atoms with Gasteiger partial charge in [-0.2, -0.15) is 0 Å². The largest absolute Gasteiger partial charge is 0.456 e. The average Bonchev–Trinajstić information content (AvgIpc) is 2.47. The van der Waals surface area contributed by atoms with Gasteiger partial charge in [0.2, 0.25) is 0 Å². The zero-order valence-electron chi connectivity index (χ0n) is 17.5. The van der Waals surface area contributed by atoms with Crippen molar-refractivity contribution in [2.45, 2.75) is 106 Å². The van der Waals surface area contributed by atoms with Gasteiger partial charge in [-0.05, 0) is 94.3 Å². The molecule has 8 fully saturated rings. The van der Waals surface area contributed by atoms with Gasteiger partial charge in [0.25, 0.3) is 0 Å². The van der Waals surface area contributed by atoms with Gasteiger partial charge in [0, 0.05) is 18.4 Å². The molecule has 4 unspecified atom stereocenters. The maximum Gasteiger partial charge on any atom is 0.333 e. The molecule has 0 spiro atoms. The lowest BCUT2D eigenvalue weighted by Gasteiger charge is -2.62. The van der Waals surface area contributed by atoms with Gasteiger partial charge in [0.05, 0.1) is 16.8 Å². The number of hydrogen-bond donors (Lipinski definition) is 3. The molecule has 0 aromatic carbocycles. The van der Waals surface area contributed by atoms with Crippen molar-refractivity contribution in [2.75, 3.05) is 0 Å². The van der Waals surface area contributed by atoms with Crippen LogP contribution in [0.5, 0.6) is 0 Å². The Morgan fingerprint density at radius 3 is 1.93 bits per heavy atom. The molecule has 0 aromatic heterocycles. The van der Waals surface area contributed by atoms with Crippen LogP contribution in [0.4, 0.5) is 0 Å². The van der Waals surface area contributed by atoms with Gasteiger partial charge >= 0.3 is 5.97 Å². The van der Waals surface area contributed by atoms with Gasteiger partial charge in [-0.1, -0.05) is 6.08 Å². The van der Waals surface area contributed by atoms with Crippen molar-refractivity contribution in [3.05, 3.63) is 11.6 Å². The van der Waals surface area contributed by atoms with Crippen LogP contribution in [0.3, 0.4) is 0 Å². The second kappa shape index (κ2) is 5.46. The number of rotatable bonds is 3. The lowest BCUT2D eigenvalue weighted by atomic mass is 9.46. The first-order chi connectivity index (χ1) is 13.5. The minimum Gasteiger partial charge on any atom is -0.456 e. The lowest BCUT2D eigenvalue weighted by molar-refractivity contribution is -0.220. The molecule has 4 atom stereocenters. The number of esters is 1. The number of ether oxygens (including phenoxy) is 1. The van der Waals surface area contributed by atoms with Crippen LogP contribution in [-0.4, -0.2) is 43.7 Å². The monoisotopic (exact) mass is 402 g/mol. The third kappa shape index (κ3) is 2.95. The highest BCUT2D eigenvalue weighted by Gasteiger charge is 2.62. The first-order valence-corrected chi connectivity index (χ1v) is 11.6. The van der Waals surface area contributed by atoms with E-state index in [0.29, 0.717) is 49.0 Å². The lowest BCUT2D eigenvalue weighted by Crippen LogP contribution is -2.62. The molecular weight excluding hydrogens is 368 g/mol. The van der Waals surface area contributed by atoms with E-state index in [2.05, 4.69) is 0 Å². The molecule has 8 aliphatic carbocycles. The summed E-state index contributed by atoms with van der Waals surface area (Å²) in [7, 11) is 0. The fourth-order valence-corrected chi connectivity index (χ4v) is 9.62. The van der Waals surface area contributed by atoms with Crippen LogP contribution >= 0.6 is 0 Å². The highest BCUT2D eigenvalue weighted by molar-refractivity contribution is 5.88. The Balaban J connectivity index is 1.24. The molecule has 0 radical (unpaired) electrons. The molecule has 0 aliphatic heterocycles. The quantitative estimate of drug-likeness (QED) is 0.499. The maximum atomic E-state index is 13.1. The highest BCUT2D eigenvalue weighted by Crippen LogP contribution is 2.64. The SMILES string of the molecule is CC(=CC12CC3CC(O)(CC(O)(C3)C1)C2)C(=O)OC12CC3CC(CC(O)(C3)C1)C2. The molecule has 8 bridgehead atoms. The summed E-state index contributed by atoms with van der Waals surface area (Å²) in [6.07, 6.45) is 11.5. The number of hydrogen-bond acceptors (Lipinski definition) is 5. The Bertz CT molecular complexity index is 767. The van der Waals surface area contributed by atoms with Crippen molar-refractivity contribution >= 4 is 5.97 Å². The van der Waals surface area contributed by atoms with Gasteiger partial charge in [-0.3, -0.25) is 0 Å². The van der Waals surface area contributed by atoms with Crippen molar-refractivity contribution in [1.82, 2.24) is 0 Å². The molecular formula is C24H34O5. The Kier molecular flexibility index (Phi) is 3.55. The molecule has 3 N–H and O–H groups in total. The molecule has 8 rings (SSSR count). The van der Waals surface area contributed by atoms with Gasteiger partial charge < -0.3 is 20.1 Å². The topological polar surface area (TPSA) is 87.0 Å². The van der Waals surface area contributed by atoms with E-state index in [0.717, 1.165) is 51.4 Å². The van der Waals surface area contributed by atoms with Gasteiger partial charge in [0.1, 0.15) is 5.60 Å². The van der Waals surface area contributed by atoms with E-state index in [1.54, 1.807) is 0 Å². The zero-order chi connectivity index (χ0) is 20.3. The molecule has 5 nitrogen and oxygen atoms in total. The summed E-state index contributed by atoms with van der Waals surface area (Å²) in [4.78, 5) is 13.1. The number of carbonyl (C=O) groups is 1. The van der Waals surface area contributed by atoms with Crippen molar-refractivity contribution in [3.8, 4) is 0 Å². The van der Waals surface area contributed by atoms with Crippen LogP contribution in [-0.2, 0) is 9.53 Å². The van der Waals surface area contributed by atoms with Crippen molar-refractivity contribution in [1.29, 1.82) is 0 Å². The predicted molar refractivity (Wildman–Crippen MR) is 106 cm³/mol. The second-order valence-corrected chi connectivity index (χ2v) is 12.4. The third-order valence-electron chi connectivity index (χ3n) is 9.18. The van der Waals surface area contributed by atoms with Crippen LogP contribution < -0.4 is 0 Å². The number of allylic oxidation sites excluding steroid dienone is 1. The summed E-state index contributed by atoms with van der Waals surface area (Å²) in [5, 5.41) is 32.9. The Labute approximate surface area is 172 Å². The summed E-state index contributed by atoms with van der Waals surface area (Å²) < 4.78 is 6.15. The van der Waals surface area contributed by atoms with Crippen LogP contribution in [0.2, 0.25) is 0 Å². The van der Waals surface area contributed by atoms with E-state index in [9.17, 15) is 20.1 Å². The molecule has 0 saturated heterocycles. The fourth-order valence-electron chi connectivity index (χ4n) is 9.62. The Hall–Kier alpha value is -0.910. The van der Waals surface area contributed by atoms with E-state index < -0.39 is 22.4 Å². The number of aliphatic hydroxyl groups is 3. The molecule has 160 valence electrons. The fraction of sp³-hybridized carbons (Fsp3) is 0.875. The maximum absolute atomic E-state index is 13.1. The van der Waals surface area contributed by atoms with Gasteiger partial charge in [0.15, 0.2) is 0 Å². The van der Waals surface area contributed by atoms with E-state index >= 15 is 0 Å². The average molecular weight is 403 g/mol. The molecule has 0 amide bonds. The van der Waals surface area contributed by atoms with Crippen LogP contribution in [0.1, 0.15) is 84.0 Å². The predicted octanol–water partition coefficient (Wildman–Crippen LogP) is 3.01. The first kappa shape index (κ1) is 18.8. The third-order valence-corrected chi connectivity index (χ3v) is 9.18. The van der Waals surface area contributed by atoms with Crippen molar-refractivity contribution < 1.29 is 24.9 Å². The van der Waals surface area contributed by atoms with Crippen molar-refractivity contribution in [3.63, 3.8) is 0 Å². The van der Waals surface area contributed by atoms with Crippen molar-refractivity contribution in [2.24, 2.45) is 23.2 Å². The van der Waals surface area contributed by atoms with E-state index in [-0.39, 0.29) is 11.4 Å². The highest BCUT2D eigenvalue weighted by atomic mass is 16.6. The first-order valence-electron chi connectivity index (χ1n) is 11.6. The summed E-state index contributed by atoms with van der Waals surface area (Å²) in [5.41, 5.74) is -2.43. The van der Waals surface area contributed by atoms with Gasteiger partial charge in [-0.25, -0.2) is 4.79 Å². The molecule has 8 saturated carbocycles. The van der Waals surface area contributed by atoms with E-state index in [4.69, 9.17) is 4.74 Å². The molecule has 8 aliphatic rings. The normalized spacial score (nSPS) is 57.4. The molecule has 5 heteroatoms. The molecule has 0 aromatic rings. The van der Waals surface area contributed by atoms with Crippen LogP contribution in [0.25, 0.3) is 0 Å². The Morgan fingerprint density at radius 1 is 0.793 bits per heavy atom. The summed E-state index contributed by atoms with van der Waals surface area (Å²) in [6.45, 7) is 1.82. The number of carbonyl (C=O) groups excluding carboxylic acids is 1. The minimum atomic E-state index is -0.794. The molecule has 29 heavy (non-hydrogen) atoms. The standard InChI is InChI=1S/C24H34O5/c1-15(3-20-4-18-7-22(27,11-20)13-23(28,8-18)12-20)19(25)29-24-9-16-2-17(10-24)6-21(26,5-16)14-24/h3,16-18,26-28H,2,4-14H2,1H3. The second-order valence-electron chi connectivity index (χ2n) is 12.4. The molecule has 0 heterocycles. The van der Waals surface area contributed by atoms with E-state index in [1.807, 2.05) is 13.0 Å². The minimum absolute atomic E-state index is 0.273. The zero-order valence-corrected chi connectivity index (χ0v) is 17.5. The van der Waals surface area contributed by atoms with Crippen LogP contribution in [0, 0.1) is 23.2 Å². The van der Waals surface area contributed by atoms with Crippen LogP contribution in [0.15, 0.2) is 11.6 Å². The van der Waals surface area contributed by atoms with E-state index in [1.165, 1.54) is 0 Å². The smallest absolute Gasteiger partial charge is 0.333 e. The van der Waals surface area contributed by atoms with Gasteiger partial charge in [-0.15, -0.1) is 0 Å². The summed E-state index contributed by atoms with van der Waals surface area (Å²) in [6, 6.07) is 0.